The summed E-state index contributed by atoms with van der Waals surface area (Å²) in [5.41, 5.74) is 0.103. The Morgan fingerprint density at radius 3 is 2.73 bits per heavy atom. The Bertz CT molecular complexity index is 892. The molecular weight excluding hydrogens is 384 g/mol. The summed E-state index contributed by atoms with van der Waals surface area (Å²) in [5, 5.41) is 0. The normalized spacial score (nSPS) is 53.2. The Hall–Kier alpha value is -1.69. The van der Waals surface area contributed by atoms with Gasteiger partial charge in [-0.1, -0.05) is 19.4 Å². The van der Waals surface area contributed by atoms with Crippen LogP contribution >= 0.6 is 0 Å². The summed E-state index contributed by atoms with van der Waals surface area (Å²) in [6.45, 7) is 4.42. The lowest BCUT2D eigenvalue weighted by atomic mass is 9.46. The molecule has 6 nitrogen and oxygen atoms in total. The largest absolute Gasteiger partial charge is 0.469 e. The van der Waals surface area contributed by atoms with Crippen molar-refractivity contribution in [3.63, 3.8) is 0 Å². The van der Waals surface area contributed by atoms with Crippen molar-refractivity contribution in [1.82, 2.24) is 0 Å². The molecule has 0 N–H and O–H groups in total. The Morgan fingerprint density at radius 1 is 1.23 bits per heavy atom. The number of esters is 2. The summed E-state index contributed by atoms with van der Waals surface area (Å²) >= 11 is 0. The number of ether oxygens (including phenoxy) is 3. The van der Waals surface area contributed by atoms with E-state index < -0.39 is 5.60 Å². The molecule has 0 aromatic rings. The number of fused-ring (bicyclic) bond motifs is 4. The average molecular weight is 414 g/mol. The summed E-state index contributed by atoms with van der Waals surface area (Å²) in [4.78, 5) is 37.4. The van der Waals surface area contributed by atoms with Crippen LogP contribution in [0.15, 0.2) is 11.6 Å². The molecule has 6 aliphatic rings. The number of epoxide rings is 1. The number of carbonyl (C=O) groups is 3. The van der Waals surface area contributed by atoms with Gasteiger partial charge in [0, 0.05) is 30.1 Å². The molecule has 2 saturated heterocycles. The van der Waals surface area contributed by atoms with Gasteiger partial charge in [-0.2, -0.15) is 0 Å². The Balaban J connectivity index is 1.47. The molecule has 0 radical (unpaired) electrons. The number of rotatable bonds is 1. The van der Waals surface area contributed by atoms with Crippen LogP contribution in [0.4, 0.5) is 0 Å². The van der Waals surface area contributed by atoms with Crippen LogP contribution in [0.3, 0.4) is 0 Å². The molecule has 3 saturated carbocycles. The average Bonchev–Trinajstić information content (AvgIpc) is 3.12. The SMILES string of the molecule is COC(=O)[C@@H]1CC2=CC(=O)C[C@@H](C)C2[C@@]23O[C@H]2C[C@@]2(C)C(CC[C@@]24CCC(=O)O4)C13. The van der Waals surface area contributed by atoms with Crippen LogP contribution in [-0.2, 0) is 28.6 Å². The lowest BCUT2D eigenvalue weighted by Gasteiger charge is -2.55. The molecule has 9 atom stereocenters. The molecule has 3 unspecified atom stereocenters. The van der Waals surface area contributed by atoms with Gasteiger partial charge in [0.25, 0.3) is 0 Å². The van der Waals surface area contributed by atoms with Crippen molar-refractivity contribution < 1.29 is 28.6 Å². The van der Waals surface area contributed by atoms with E-state index in [0.29, 0.717) is 19.3 Å². The van der Waals surface area contributed by atoms with E-state index in [9.17, 15) is 14.4 Å². The van der Waals surface area contributed by atoms with Crippen LogP contribution in [0.2, 0.25) is 0 Å². The second-order valence-electron chi connectivity index (χ2n) is 10.9. The smallest absolute Gasteiger partial charge is 0.309 e. The molecule has 5 fully saturated rings. The minimum Gasteiger partial charge on any atom is -0.469 e. The van der Waals surface area contributed by atoms with Crippen molar-refractivity contribution in [2.45, 2.75) is 76.1 Å². The maximum atomic E-state index is 13.0. The third kappa shape index (κ3) is 2.07. The highest BCUT2D eigenvalue weighted by Gasteiger charge is 2.81. The van der Waals surface area contributed by atoms with Crippen LogP contribution in [0.5, 0.6) is 0 Å². The molecule has 6 rings (SSSR count). The first kappa shape index (κ1) is 19.0. The lowest BCUT2D eigenvalue weighted by molar-refractivity contribution is -0.170. The van der Waals surface area contributed by atoms with E-state index >= 15 is 0 Å². The first-order valence-electron chi connectivity index (χ1n) is 11.5. The van der Waals surface area contributed by atoms with Crippen LogP contribution in [0.1, 0.15) is 58.8 Å². The predicted molar refractivity (Wildman–Crippen MR) is 105 cm³/mol. The fraction of sp³-hybridized carbons (Fsp3) is 0.792. The number of methoxy groups -OCH3 is 1. The molecule has 2 heterocycles. The van der Waals surface area contributed by atoms with E-state index in [2.05, 4.69) is 13.8 Å². The van der Waals surface area contributed by atoms with E-state index in [1.165, 1.54) is 7.11 Å². The van der Waals surface area contributed by atoms with Gasteiger partial charge in [-0.05, 0) is 50.0 Å². The highest BCUT2D eigenvalue weighted by atomic mass is 16.6. The Morgan fingerprint density at radius 2 is 2.03 bits per heavy atom. The van der Waals surface area contributed by atoms with Gasteiger partial charge in [-0.15, -0.1) is 0 Å². The summed E-state index contributed by atoms with van der Waals surface area (Å²) in [6.07, 6.45) is 6.89. The maximum Gasteiger partial charge on any atom is 0.309 e. The molecule has 2 aliphatic heterocycles. The van der Waals surface area contributed by atoms with Crippen LogP contribution in [-0.4, -0.2) is 42.1 Å². The van der Waals surface area contributed by atoms with Gasteiger partial charge in [0.05, 0.1) is 19.1 Å². The van der Waals surface area contributed by atoms with E-state index in [4.69, 9.17) is 14.2 Å². The zero-order valence-electron chi connectivity index (χ0n) is 17.9. The van der Waals surface area contributed by atoms with Gasteiger partial charge in [0.2, 0.25) is 0 Å². The summed E-state index contributed by atoms with van der Waals surface area (Å²) < 4.78 is 17.9. The predicted octanol–water partition coefficient (Wildman–Crippen LogP) is 2.98. The van der Waals surface area contributed by atoms with Crippen molar-refractivity contribution in [1.29, 1.82) is 0 Å². The van der Waals surface area contributed by atoms with E-state index in [0.717, 1.165) is 31.3 Å². The maximum absolute atomic E-state index is 13.0. The molecule has 162 valence electrons. The van der Waals surface area contributed by atoms with Crippen LogP contribution < -0.4 is 0 Å². The first-order valence-corrected chi connectivity index (χ1v) is 11.5. The van der Waals surface area contributed by atoms with Gasteiger partial charge in [-0.3, -0.25) is 14.4 Å². The lowest BCUT2D eigenvalue weighted by Crippen LogP contribution is -2.61. The Kier molecular flexibility index (Phi) is 3.65. The van der Waals surface area contributed by atoms with Gasteiger partial charge < -0.3 is 14.2 Å². The van der Waals surface area contributed by atoms with Crippen molar-refractivity contribution in [3.05, 3.63) is 11.6 Å². The van der Waals surface area contributed by atoms with Gasteiger partial charge in [0.1, 0.15) is 11.2 Å². The second kappa shape index (κ2) is 5.76. The summed E-state index contributed by atoms with van der Waals surface area (Å²) in [5.74, 6) is 0.254. The minimum atomic E-state index is -0.419. The second-order valence-corrected chi connectivity index (χ2v) is 10.9. The van der Waals surface area contributed by atoms with Crippen LogP contribution in [0.25, 0.3) is 0 Å². The topological polar surface area (TPSA) is 82.2 Å². The highest BCUT2D eigenvalue weighted by molar-refractivity contribution is 5.92. The highest BCUT2D eigenvalue weighted by Crippen LogP contribution is 2.76. The fourth-order valence-electron chi connectivity index (χ4n) is 8.77. The fourth-order valence-corrected chi connectivity index (χ4v) is 8.77. The van der Waals surface area contributed by atoms with Crippen molar-refractivity contribution in [2.24, 2.45) is 35.0 Å². The summed E-state index contributed by atoms with van der Waals surface area (Å²) in [7, 11) is 1.45. The summed E-state index contributed by atoms with van der Waals surface area (Å²) in [6, 6.07) is 0. The molecule has 30 heavy (non-hydrogen) atoms. The van der Waals surface area contributed by atoms with Crippen LogP contribution in [0, 0.1) is 35.0 Å². The van der Waals surface area contributed by atoms with Gasteiger partial charge in [-0.25, -0.2) is 0 Å². The van der Waals surface area contributed by atoms with Crippen molar-refractivity contribution >= 4 is 17.7 Å². The molecule has 0 bridgehead atoms. The van der Waals surface area contributed by atoms with Gasteiger partial charge >= 0.3 is 11.9 Å². The van der Waals surface area contributed by atoms with E-state index in [-0.39, 0.29) is 64.4 Å². The van der Waals surface area contributed by atoms with Crippen molar-refractivity contribution in [3.8, 4) is 0 Å². The molecule has 0 amide bonds. The zero-order valence-corrected chi connectivity index (χ0v) is 17.9. The van der Waals surface area contributed by atoms with E-state index in [1.54, 1.807) is 6.08 Å². The number of hydrogen-bond donors (Lipinski definition) is 0. The first-order chi connectivity index (χ1) is 14.3. The number of hydrogen-bond acceptors (Lipinski definition) is 6. The standard InChI is InChI=1S/C24H30O6/c1-12-8-14(25)9-13-10-15(21(27)28-3)20-16-4-6-23(7-5-18(26)30-23)22(16,2)11-17-24(20,29-17)19(12)13/h9,12,15-17,19-20H,4-8,10-11H2,1-3H3/t12-,15-,16?,17+,19?,20?,22+,23-,24+/m1/s1. The zero-order chi connectivity index (χ0) is 21.1. The molecule has 4 aliphatic carbocycles. The van der Waals surface area contributed by atoms with Crippen molar-refractivity contribution in [2.75, 3.05) is 7.11 Å². The van der Waals surface area contributed by atoms with E-state index in [1.807, 2.05) is 0 Å². The number of ketones is 1. The quantitative estimate of drug-likeness (QED) is 0.485. The number of carbonyl (C=O) groups excluding carboxylic acids is 3. The molecular formula is C24H30O6. The third-order valence-corrected chi connectivity index (χ3v) is 9.83. The third-order valence-electron chi connectivity index (χ3n) is 9.83. The molecule has 6 heteroatoms. The van der Waals surface area contributed by atoms with Gasteiger partial charge in [0.15, 0.2) is 5.78 Å². The molecule has 2 spiro atoms. The molecule has 0 aromatic heterocycles. The Labute approximate surface area is 176 Å². The monoisotopic (exact) mass is 414 g/mol. The minimum absolute atomic E-state index is 0.0465. The molecule has 0 aromatic carbocycles.